The molecule has 0 atom stereocenters. The molecular formula is C69H50N2O2. The highest BCUT2D eigenvalue weighted by atomic mass is 16.3. The molecule has 0 aliphatic heterocycles. The zero-order valence-corrected chi connectivity index (χ0v) is 41.2. The van der Waals surface area contributed by atoms with Crippen LogP contribution in [0.25, 0.3) is 65.8 Å². The van der Waals surface area contributed by atoms with E-state index in [9.17, 15) is 0 Å². The molecule has 1 aliphatic carbocycles. The summed E-state index contributed by atoms with van der Waals surface area (Å²) in [6, 6.07) is 84.6. The second kappa shape index (κ2) is 16.5. The first kappa shape index (κ1) is 42.7. The number of fused-ring (bicyclic) bond motifs is 11. The average molecular weight is 939 g/mol. The summed E-state index contributed by atoms with van der Waals surface area (Å²) in [4.78, 5) is 4.87. The van der Waals surface area contributed by atoms with E-state index in [1.807, 2.05) is 6.07 Å². The molecule has 0 unspecified atom stereocenters. The predicted molar refractivity (Wildman–Crippen MR) is 304 cm³/mol. The van der Waals surface area contributed by atoms with Crippen molar-refractivity contribution >= 4 is 88.8 Å². The third-order valence-corrected chi connectivity index (χ3v) is 15.2. The van der Waals surface area contributed by atoms with Gasteiger partial charge in [-0.05, 0) is 155 Å². The molecule has 4 heteroatoms. The molecule has 1 aliphatic rings. The number of rotatable bonds is 8. The van der Waals surface area contributed by atoms with Crippen molar-refractivity contribution in [1.82, 2.24) is 0 Å². The molecule has 13 aromatic rings. The van der Waals surface area contributed by atoms with Crippen LogP contribution in [0.1, 0.15) is 44.5 Å². The number of benzene rings is 11. The summed E-state index contributed by atoms with van der Waals surface area (Å²) in [5.41, 5.74) is 20.9. The Morgan fingerprint density at radius 3 is 1.32 bits per heavy atom. The van der Waals surface area contributed by atoms with Crippen molar-refractivity contribution in [3.05, 3.63) is 275 Å². The van der Waals surface area contributed by atoms with Gasteiger partial charge >= 0.3 is 0 Å². The molecule has 11 aromatic carbocycles. The number of hydrogen-bond donors (Lipinski definition) is 0. The summed E-state index contributed by atoms with van der Waals surface area (Å²) in [6.45, 7) is 8.75. The Morgan fingerprint density at radius 1 is 0.315 bits per heavy atom. The van der Waals surface area contributed by atoms with Gasteiger partial charge < -0.3 is 18.6 Å². The van der Waals surface area contributed by atoms with Crippen LogP contribution in [0.2, 0.25) is 0 Å². The molecule has 0 spiro atoms. The van der Waals surface area contributed by atoms with Gasteiger partial charge in [0.1, 0.15) is 11.2 Å². The van der Waals surface area contributed by atoms with Gasteiger partial charge in [0.05, 0.1) is 22.5 Å². The highest BCUT2D eigenvalue weighted by Gasteiger charge is 2.48. The van der Waals surface area contributed by atoms with Crippen LogP contribution in [-0.4, -0.2) is 0 Å². The van der Waals surface area contributed by atoms with Crippen molar-refractivity contribution < 1.29 is 8.83 Å². The molecule has 348 valence electrons. The monoisotopic (exact) mass is 938 g/mol. The molecule has 0 bridgehead atoms. The Bertz CT molecular complexity index is 4250. The van der Waals surface area contributed by atoms with Gasteiger partial charge in [0.2, 0.25) is 0 Å². The highest BCUT2D eigenvalue weighted by molar-refractivity contribution is 6.15. The standard InChI is InChI=1S/C69H50N2O2/c1-43-35-44(2)38-50(37-43)70(61-29-17-27-56-53-24-13-15-31-64(53)72-67(56)61)49-33-34-58-59(41-49)69(47-19-7-5-8-20-47,48-21-9-6-10-22-48)60-42-63(52-23-11-12-26-55(52)66(58)60)71(51-39-45(3)36-46(4)40-51)62-30-18-28-57-54-25-14-16-32-65(54)73-68(57)62/h5-42H,1-4H3. The molecule has 73 heavy (non-hydrogen) atoms. The van der Waals surface area contributed by atoms with E-state index in [1.54, 1.807) is 0 Å². The van der Waals surface area contributed by atoms with Crippen molar-refractivity contribution in [1.29, 1.82) is 0 Å². The first-order chi connectivity index (χ1) is 35.8. The fraction of sp³-hybridized carbons (Fsp3) is 0.0725. The summed E-state index contributed by atoms with van der Waals surface area (Å²) in [5.74, 6) is 0. The number of nitrogens with zero attached hydrogens (tertiary/aromatic N) is 2. The zero-order chi connectivity index (χ0) is 49.0. The quantitative estimate of drug-likeness (QED) is 0.152. The van der Waals surface area contributed by atoms with E-state index in [1.165, 1.54) is 61.0 Å². The molecule has 0 saturated heterocycles. The molecule has 2 aromatic heterocycles. The molecule has 0 saturated carbocycles. The predicted octanol–water partition coefficient (Wildman–Crippen LogP) is 19.2. The van der Waals surface area contributed by atoms with E-state index in [2.05, 4.69) is 262 Å². The average Bonchev–Trinajstić information content (AvgIpc) is 4.08. The van der Waals surface area contributed by atoms with Gasteiger partial charge in [-0.2, -0.15) is 0 Å². The van der Waals surface area contributed by atoms with Crippen molar-refractivity contribution in [3.8, 4) is 11.1 Å². The van der Waals surface area contributed by atoms with Gasteiger partial charge in [-0.3, -0.25) is 0 Å². The highest BCUT2D eigenvalue weighted by Crippen LogP contribution is 2.61. The summed E-state index contributed by atoms with van der Waals surface area (Å²) in [5, 5.41) is 6.71. The largest absolute Gasteiger partial charge is 0.454 e. The number of para-hydroxylation sites is 4. The van der Waals surface area contributed by atoms with E-state index < -0.39 is 5.41 Å². The van der Waals surface area contributed by atoms with Crippen LogP contribution < -0.4 is 9.80 Å². The summed E-state index contributed by atoms with van der Waals surface area (Å²) >= 11 is 0. The molecule has 0 radical (unpaired) electrons. The van der Waals surface area contributed by atoms with Crippen LogP contribution in [0, 0.1) is 27.7 Å². The van der Waals surface area contributed by atoms with E-state index in [0.29, 0.717) is 0 Å². The van der Waals surface area contributed by atoms with Crippen molar-refractivity contribution in [3.63, 3.8) is 0 Å². The number of hydrogen-bond acceptors (Lipinski definition) is 4. The summed E-state index contributed by atoms with van der Waals surface area (Å²) < 4.78 is 13.8. The van der Waals surface area contributed by atoms with Gasteiger partial charge in [-0.1, -0.05) is 164 Å². The van der Waals surface area contributed by atoms with Gasteiger partial charge in [-0.15, -0.1) is 0 Å². The third-order valence-electron chi connectivity index (χ3n) is 15.2. The minimum Gasteiger partial charge on any atom is -0.454 e. The van der Waals surface area contributed by atoms with Crippen LogP contribution in [0.4, 0.5) is 34.1 Å². The third kappa shape index (κ3) is 6.53. The Labute approximate surface area is 424 Å². The summed E-state index contributed by atoms with van der Waals surface area (Å²) in [7, 11) is 0. The second-order valence-corrected chi connectivity index (χ2v) is 19.9. The minimum absolute atomic E-state index is 0.763. The minimum atomic E-state index is -0.763. The van der Waals surface area contributed by atoms with Gasteiger partial charge in [-0.25, -0.2) is 0 Å². The van der Waals surface area contributed by atoms with E-state index in [4.69, 9.17) is 8.83 Å². The van der Waals surface area contributed by atoms with Crippen molar-refractivity contribution in [2.75, 3.05) is 9.80 Å². The first-order valence-electron chi connectivity index (χ1n) is 25.2. The second-order valence-electron chi connectivity index (χ2n) is 19.9. The molecule has 2 heterocycles. The smallest absolute Gasteiger partial charge is 0.159 e. The maximum absolute atomic E-state index is 6.92. The SMILES string of the molecule is Cc1cc(C)cc(N(c2ccc3c(c2)C(c2ccccc2)(c2ccccc2)c2cc(N(c4cc(C)cc(C)c4)c4cccc5c4oc4ccccc45)c4ccccc4c2-3)c2cccc3c2oc2ccccc23)c1. The molecular weight excluding hydrogens is 889 g/mol. The Balaban J connectivity index is 1.10. The fourth-order valence-corrected chi connectivity index (χ4v) is 12.4. The summed E-state index contributed by atoms with van der Waals surface area (Å²) in [6.07, 6.45) is 0. The molecule has 14 rings (SSSR count). The van der Waals surface area contributed by atoms with E-state index in [0.717, 1.165) is 83.4 Å². The molecule has 0 fully saturated rings. The van der Waals surface area contributed by atoms with Crippen molar-refractivity contribution in [2.24, 2.45) is 0 Å². The normalized spacial score (nSPS) is 12.8. The fourth-order valence-electron chi connectivity index (χ4n) is 12.4. The lowest BCUT2D eigenvalue weighted by Crippen LogP contribution is -2.29. The van der Waals surface area contributed by atoms with E-state index in [-0.39, 0.29) is 0 Å². The van der Waals surface area contributed by atoms with Crippen LogP contribution in [0.5, 0.6) is 0 Å². The maximum Gasteiger partial charge on any atom is 0.159 e. The zero-order valence-electron chi connectivity index (χ0n) is 41.2. The number of aryl methyl sites for hydroxylation is 4. The topological polar surface area (TPSA) is 32.8 Å². The van der Waals surface area contributed by atoms with Gasteiger partial charge in [0.15, 0.2) is 11.2 Å². The lowest BCUT2D eigenvalue weighted by molar-refractivity contribution is 0.668. The molecule has 0 amide bonds. The van der Waals surface area contributed by atoms with Crippen LogP contribution in [-0.2, 0) is 5.41 Å². The van der Waals surface area contributed by atoms with Crippen molar-refractivity contribution in [2.45, 2.75) is 33.1 Å². The van der Waals surface area contributed by atoms with Gasteiger partial charge in [0, 0.05) is 44.0 Å². The Kier molecular flexibility index (Phi) is 9.65. The van der Waals surface area contributed by atoms with Crippen LogP contribution in [0.15, 0.2) is 239 Å². The first-order valence-corrected chi connectivity index (χ1v) is 25.2. The maximum atomic E-state index is 6.92. The lowest BCUT2D eigenvalue weighted by Gasteiger charge is -2.36. The number of anilines is 6. The number of furan rings is 2. The Hall–Kier alpha value is -9.12. The lowest BCUT2D eigenvalue weighted by atomic mass is 9.67. The van der Waals surface area contributed by atoms with Crippen LogP contribution >= 0.6 is 0 Å². The Morgan fingerprint density at radius 2 is 0.767 bits per heavy atom. The molecule has 0 N–H and O–H groups in total. The van der Waals surface area contributed by atoms with E-state index >= 15 is 0 Å². The molecule has 4 nitrogen and oxygen atoms in total. The van der Waals surface area contributed by atoms with Crippen LogP contribution in [0.3, 0.4) is 0 Å². The van der Waals surface area contributed by atoms with Gasteiger partial charge in [0.25, 0.3) is 0 Å².